The Morgan fingerprint density at radius 1 is 1.29 bits per heavy atom. The number of amides is 2. The summed E-state index contributed by atoms with van der Waals surface area (Å²) in [4.78, 5) is 25.3. The number of nitrogen functional groups attached to an aromatic ring is 1. The van der Waals surface area contributed by atoms with Gasteiger partial charge in [0.2, 0.25) is 18.6 Å². The fraction of sp³-hybridized carbons (Fsp3) is 0.429. The van der Waals surface area contributed by atoms with Crippen LogP contribution in [0.3, 0.4) is 0 Å². The van der Waals surface area contributed by atoms with Gasteiger partial charge in [-0.1, -0.05) is 0 Å². The summed E-state index contributed by atoms with van der Waals surface area (Å²) in [5, 5.41) is 2.71. The Bertz CT molecular complexity index is 588. The van der Waals surface area contributed by atoms with Gasteiger partial charge in [-0.15, -0.1) is 0 Å². The molecule has 0 aliphatic carbocycles. The Morgan fingerprint density at radius 2 is 2.05 bits per heavy atom. The van der Waals surface area contributed by atoms with Crippen LogP contribution in [0.4, 0.5) is 11.4 Å². The van der Waals surface area contributed by atoms with Gasteiger partial charge >= 0.3 is 0 Å². The molecule has 0 unspecified atom stereocenters. The molecule has 112 valence electrons. The van der Waals surface area contributed by atoms with Crippen molar-refractivity contribution in [3.63, 3.8) is 0 Å². The molecular weight excluding hydrogens is 274 g/mol. The van der Waals surface area contributed by atoms with E-state index in [9.17, 15) is 9.59 Å². The Kier molecular flexibility index (Phi) is 3.55. The second-order valence-corrected chi connectivity index (χ2v) is 5.11. The summed E-state index contributed by atoms with van der Waals surface area (Å²) in [5.74, 6) is 0.871. The van der Waals surface area contributed by atoms with Crippen LogP contribution in [0.5, 0.6) is 11.5 Å². The van der Waals surface area contributed by atoms with E-state index in [1.165, 1.54) is 0 Å². The van der Waals surface area contributed by atoms with Crippen molar-refractivity contribution in [2.24, 2.45) is 0 Å². The number of ether oxygens (including phenoxy) is 2. The van der Waals surface area contributed by atoms with Crippen LogP contribution in [0, 0.1) is 0 Å². The quantitative estimate of drug-likeness (QED) is 0.809. The number of nitrogens with one attached hydrogen (secondary N) is 1. The van der Waals surface area contributed by atoms with Crippen molar-refractivity contribution in [3.8, 4) is 11.5 Å². The summed E-state index contributed by atoms with van der Waals surface area (Å²) in [6.45, 7) is 0.823. The predicted octanol–water partition coefficient (Wildman–Crippen LogP) is 0.948. The maximum Gasteiger partial charge on any atom is 0.244 e. The highest BCUT2D eigenvalue weighted by molar-refractivity contribution is 5.97. The number of nitrogens with two attached hydrogens (primary N) is 1. The Labute approximate surface area is 122 Å². The lowest BCUT2D eigenvalue weighted by Crippen LogP contribution is -2.40. The third kappa shape index (κ3) is 2.86. The number of piperidine rings is 1. The maximum absolute atomic E-state index is 12.0. The third-order valence-electron chi connectivity index (χ3n) is 3.57. The topological polar surface area (TPSA) is 93.9 Å². The molecule has 21 heavy (non-hydrogen) atoms. The van der Waals surface area contributed by atoms with Crippen molar-refractivity contribution in [1.82, 2.24) is 4.90 Å². The first kappa shape index (κ1) is 13.5. The minimum atomic E-state index is -0.268. The van der Waals surface area contributed by atoms with Crippen LogP contribution in [0.2, 0.25) is 0 Å². The number of fused-ring (bicyclic) bond motifs is 1. The average molecular weight is 291 g/mol. The van der Waals surface area contributed by atoms with Gasteiger partial charge in [0.05, 0.1) is 17.9 Å². The molecule has 0 spiro atoms. The van der Waals surface area contributed by atoms with E-state index >= 15 is 0 Å². The maximum atomic E-state index is 12.0. The zero-order valence-electron chi connectivity index (χ0n) is 11.6. The van der Waals surface area contributed by atoms with Crippen LogP contribution in [0.25, 0.3) is 0 Å². The van der Waals surface area contributed by atoms with Gasteiger partial charge in [-0.2, -0.15) is 0 Å². The number of carbonyl (C=O) groups excluding carboxylic acids is 2. The lowest BCUT2D eigenvalue weighted by molar-refractivity contribution is -0.136. The van der Waals surface area contributed by atoms with E-state index in [-0.39, 0.29) is 25.2 Å². The normalized spacial score (nSPS) is 17.0. The monoisotopic (exact) mass is 291 g/mol. The van der Waals surface area contributed by atoms with Crippen molar-refractivity contribution >= 4 is 23.2 Å². The van der Waals surface area contributed by atoms with Gasteiger partial charge in [-0.25, -0.2) is 0 Å². The van der Waals surface area contributed by atoms with Crippen LogP contribution in [-0.2, 0) is 9.59 Å². The highest BCUT2D eigenvalue weighted by Gasteiger charge is 2.22. The largest absolute Gasteiger partial charge is 0.454 e. The van der Waals surface area contributed by atoms with E-state index in [0.717, 1.165) is 12.8 Å². The zero-order valence-corrected chi connectivity index (χ0v) is 11.6. The van der Waals surface area contributed by atoms with E-state index in [1.807, 2.05) is 0 Å². The molecule has 2 heterocycles. The van der Waals surface area contributed by atoms with Crippen LogP contribution < -0.4 is 20.5 Å². The Hall–Kier alpha value is -2.44. The van der Waals surface area contributed by atoms with Gasteiger partial charge < -0.3 is 25.4 Å². The Balaban J connectivity index is 1.66. The molecule has 1 aromatic rings. The van der Waals surface area contributed by atoms with Gasteiger partial charge in [0, 0.05) is 25.1 Å². The number of nitrogens with zero attached hydrogens (tertiary/aromatic N) is 1. The summed E-state index contributed by atoms with van der Waals surface area (Å²) in [5.41, 5.74) is 6.74. The fourth-order valence-corrected chi connectivity index (χ4v) is 2.46. The number of hydrogen-bond donors (Lipinski definition) is 2. The zero-order chi connectivity index (χ0) is 14.8. The number of likely N-dealkylation sites (tertiary alicyclic amines) is 1. The van der Waals surface area contributed by atoms with Gasteiger partial charge in [0.25, 0.3) is 0 Å². The molecule has 0 atom stereocenters. The molecule has 0 bridgehead atoms. The first-order chi connectivity index (χ1) is 10.1. The molecule has 3 rings (SSSR count). The molecule has 0 aromatic heterocycles. The molecule has 7 nitrogen and oxygen atoms in total. The van der Waals surface area contributed by atoms with Crippen molar-refractivity contribution in [1.29, 1.82) is 0 Å². The summed E-state index contributed by atoms with van der Waals surface area (Å²) in [6.07, 6.45) is 2.34. The van der Waals surface area contributed by atoms with Crippen LogP contribution in [0.1, 0.15) is 19.3 Å². The smallest absolute Gasteiger partial charge is 0.244 e. The van der Waals surface area contributed by atoms with Crippen molar-refractivity contribution in [2.75, 3.05) is 30.9 Å². The number of rotatable bonds is 3. The lowest BCUT2D eigenvalue weighted by atomic mass is 10.1. The highest BCUT2D eigenvalue weighted by atomic mass is 16.7. The summed E-state index contributed by atoms with van der Waals surface area (Å²) in [7, 11) is 0. The molecule has 0 radical (unpaired) electrons. The summed E-state index contributed by atoms with van der Waals surface area (Å²) < 4.78 is 10.5. The molecule has 0 saturated carbocycles. The molecule has 2 amide bonds. The second kappa shape index (κ2) is 5.51. The molecule has 3 N–H and O–H groups in total. The minimum absolute atomic E-state index is 0.0232. The lowest BCUT2D eigenvalue weighted by Gasteiger charge is -2.26. The number of anilines is 2. The average Bonchev–Trinajstić information content (AvgIpc) is 2.89. The Morgan fingerprint density at radius 3 is 2.81 bits per heavy atom. The van der Waals surface area contributed by atoms with Gasteiger partial charge in [0.15, 0.2) is 11.5 Å². The fourth-order valence-electron chi connectivity index (χ4n) is 2.46. The van der Waals surface area contributed by atoms with Gasteiger partial charge in [-0.05, 0) is 12.8 Å². The summed E-state index contributed by atoms with van der Waals surface area (Å²) >= 11 is 0. The summed E-state index contributed by atoms with van der Waals surface area (Å²) in [6, 6.07) is 3.25. The van der Waals surface area contributed by atoms with E-state index in [0.29, 0.717) is 35.8 Å². The first-order valence-electron chi connectivity index (χ1n) is 6.90. The number of hydrogen-bond acceptors (Lipinski definition) is 5. The van der Waals surface area contributed by atoms with Gasteiger partial charge in [0.1, 0.15) is 0 Å². The number of carbonyl (C=O) groups is 2. The molecule has 7 heteroatoms. The molecule has 1 fully saturated rings. The van der Waals surface area contributed by atoms with E-state index in [1.54, 1.807) is 17.0 Å². The highest BCUT2D eigenvalue weighted by Crippen LogP contribution is 2.38. The number of benzene rings is 1. The van der Waals surface area contributed by atoms with Crippen LogP contribution >= 0.6 is 0 Å². The van der Waals surface area contributed by atoms with Crippen LogP contribution in [0.15, 0.2) is 12.1 Å². The molecule has 2 aliphatic rings. The molecular formula is C14H17N3O4. The van der Waals surface area contributed by atoms with Crippen molar-refractivity contribution in [3.05, 3.63) is 12.1 Å². The van der Waals surface area contributed by atoms with E-state index < -0.39 is 0 Å². The molecule has 2 aliphatic heterocycles. The van der Waals surface area contributed by atoms with Gasteiger partial charge in [-0.3, -0.25) is 9.59 Å². The second-order valence-electron chi connectivity index (χ2n) is 5.11. The predicted molar refractivity (Wildman–Crippen MR) is 76.0 cm³/mol. The van der Waals surface area contributed by atoms with Crippen molar-refractivity contribution < 1.29 is 19.1 Å². The minimum Gasteiger partial charge on any atom is -0.454 e. The molecule has 1 aromatic carbocycles. The first-order valence-corrected chi connectivity index (χ1v) is 6.90. The third-order valence-corrected chi connectivity index (χ3v) is 3.57. The van der Waals surface area contributed by atoms with Crippen LogP contribution in [-0.4, -0.2) is 36.6 Å². The van der Waals surface area contributed by atoms with E-state index in [4.69, 9.17) is 15.2 Å². The van der Waals surface area contributed by atoms with Crippen molar-refractivity contribution in [2.45, 2.75) is 19.3 Å². The SMILES string of the molecule is Nc1cc2c(cc1NC(=O)CN1CCCCC1=O)OCO2. The van der Waals surface area contributed by atoms with E-state index in [2.05, 4.69) is 5.32 Å². The standard InChI is InChI=1S/C14H17N3O4/c15-9-5-11-12(21-8-20-11)6-10(9)16-13(18)7-17-4-2-1-3-14(17)19/h5-6H,1-4,7-8,15H2,(H,16,18). The molecule has 1 saturated heterocycles.